The molecule has 1 spiro atoms. The van der Waals surface area contributed by atoms with Gasteiger partial charge in [0.25, 0.3) is 0 Å². The maximum Gasteiger partial charge on any atom is 0.344 e. The zero-order valence-electron chi connectivity index (χ0n) is 17.9. The molecule has 4 heterocycles. The minimum absolute atomic E-state index is 0.0712. The van der Waals surface area contributed by atoms with Crippen LogP contribution in [0.5, 0.6) is 0 Å². The average Bonchev–Trinajstić information content (AvgIpc) is 3.51. The van der Waals surface area contributed by atoms with Crippen molar-refractivity contribution in [1.29, 1.82) is 0 Å². The monoisotopic (exact) mass is 443 g/mol. The normalized spacial score (nSPS) is 25.0. The van der Waals surface area contributed by atoms with E-state index < -0.39 is 0 Å². The highest BCUT2D eigenvalue weighted by atomic mass is 35.5. The van der Waals surface area contributed by atoms with E-state index in [0.717, 1.165) is 78.4 Å². The summed E-state index contributed by atoms with van der Waals surface area (Å²) in [6.07, 6.45) is 5.29. The fraction of sp³-hybridized carbons (Fsp3) is 0.565. The Kier molecular flexibility index (Phi) is 6.01. The molecule has 31 heavy (non-hydrogen) atoms. The van der Waals surface area contributed by atoms with Crippen molar-refractivity contribution in [3.8, 4) is 0 Å². The summed E-state index contributed by atoms with van der Waals surface area (Å²) in [5.74, 6) is 0. The lowest BCUT2D eigenvalue weighted by molar-refractivity contribution is 0.0342. The van der Waals surface area contributed by atoms with Gasteiger partial charge in [0.15, 0.2) is 0 Å². The Morgan fingerprint density at radius 1 is 0.968 bits per heavy atom. The summed E-state index contributed by atoms with van der Waals surface area (Å²) in [7, 11) is 0. The molecule has 8 heteroatoms. The Morgan fingerprint density at radius 2 is 1.65 bits per heavy atom. The maximum absolute atomic E-state index is 12.7. The third kappa shape index (κ3) is 4.80. The quantitative estimate of drug-likeness (QED) is 0.727. The zero-order valence-corrected chi connectivity index (χ0v) is 18.6. The van der Waals surface area contributed by atoms with Gasteiger partial charge in [0.05, 0.1) is 30.6 Å². The minimum Gasteiger partial charge on any atom is -0.379 e. The molecular formula is C23H30ClN5O2. The highest BCUT2D eigenvalue weighted by Crippen LogP contribution is 2.40. The van der Waals surface area contributed by atoms with Crippen molar-refractivity contribution >= 4 is 17.6 Å². The van der Waals surface area contributed by atoms with E-state index in [1.165, 1.54) is 22.0 Å². The number of rotatable bonds is 4. The molecule has 166 valence electrons. The molecule has 1 atom stereocenters. The predicted octanol–water partition coefficient (Wildman–Crippen LogP) is 2.93. The van der Waals surface area contributed by atoms with Gasteiger partial charge >= 0.3 is 6.03 Å². The largest absolute Gasteiger partial charge is 0.379 e. The van der Waals surface area contributed by atoms with E-state index in [4.69, 9.17) is 16.3 Å². The molecule has 1 aromatic heterocycles. The van der Waals surface area contributed by atoms with Gasteiger partial charge in [0.1, 0.15) is 0 Å². The summed E-state index contributed by atoms with van der Waals surface area (Å²) in [6, 6.07) is 9.00. The smallest absolute Gasteiger partial charge is 0.344 e. The van der Waals surface area contributed by atoms with Crippen LogP contribution in [0.15, 0.2) is 36.7 Å². The Balaban J connectivity index is 1.13. The number of halogens is 1. The SMILES string of the molecule is O=C(N1CCC2(CCN(Cc3ccc(CN4CCOCC4)cc3)C2)C1)n1cc(Cl)cn1. The molecule has 7 nitrogen and oxygen atoms in total. The number of nitrogens with zero attached hydrogens (tertiary/aromatic N) is 5. The van der Waals surface area contributed by atoms with Gasteiger partial charge in [-0.25, -0.2) is 4.79 Å². The number of amides is 1. The van der Waals surface area contributed by atoms with Crippen LogP contribution in [-0.2, 0) is 17.8 Å². The van der Waals surface area contributed by atoms with Gasteiger partial charge in [0, 0.05) is 51.2 Å². The van der Waals surface area contributed by atoms with E-state index in [1.54, 1.807) is 6.20 Å². The van der Waals surface area contributed by atoms with Crippen molar-refractivity contribution in [1.82, 2.24) is 24.5 Å². The van der Waals surface area contributed by atoms with Crippen LogP contribution in [-0.4, -0.2) is 83.0 Å². The Labute approximate surface area is 188 Å². The van der Waals surface area contributed by atoms with Crippen LogP contribution in [0.25, 0.3) is 0 Å². The fourth-order valence-corrected chi connectivity index (χ4v) is 5.31. The second-order valence-corrected chi connectivity index (χ2v) is 9.66. The number of morpholine rings is 1. The van der Waals surface area contributed by atoms with E-state index in [-0.39, 0.29) is 11.4 Å². The Morgan fingerprint density at radius 3 is 2.32 bits per heavy atom. The first kappa shape index (κ1) is 20.9. The van der Waals surface area contributed by atoms with Crippen molar-refractivity contribution in [3.63, 3.8) is 0 Å². The summed E-state index contributed by atoms with van der Waals surface area (Å²) in [5.41, 5.74) is 2.94. The van der Waals surface area contributed by atoms with Crippen LogP contribution in [0, 0.1) is 5.41 Å². The number of carbonyl (C=O) groups excluding carboxylic acids is 1. The first-order chi connectivity index (χ1) is 15.1. The molecular weight excluding hydrogens is 414 g/mol. The Hall–Kier alpha value is -1.93. The van der Waals surface area contributed by atoms with Crippen molar-refractivity contribution < 1.29 is 9.53 Å². The summed E-state index contributed by atoms with van der Waals surface area (Å²) in [4.78, 5) is 19.6. The van der Waals surface area contributed by atoms with Gasteiger partial charge in [-0.15, -0.1) is 0 Å². The third-order valence-electron chi connectivity index (χ3n) is 6.91. The molecule has 3 aliphatic heterocycles. The molecule has 0 radical (unpaired) electrons. The Bertz CT molecular complexity index is 911. The van der Waals surface area contributed by atoms with Crippen LogP contribution in [0.4, 0.5) is 4.79 Å². The summed E-state index contributed by atoms with van der Waals surface area (Å²) < 4.78 is 6.79. The van der Waals surface area contributed by atoms with Crippen LogP contribution >= 0.6 is 11.6 Å². The molecule has 2 aromatic rings. The van der Waals surface area contributed by atoms with Crippen molar-refractivity contribution in [3.05, 3.63) is 52.8 Å². The molecule has 3 aliphatic rings. The molecule has 0 aliphatic carbocycles. The number of aromatic nitrogens is 2. The van der Waals surface area contributed by atoms with E-state index >= 15 is 0 Å². The van der Waals surface area contributed by atoms with Gasteiger partial charge in [0.2, 0.25) is 0 Å². The van der Waals surface area contributed by atoms with E-state index in [2.05, 4.69) is 39.2 Å². The minimum atomic E-state index is -0.0712. The van der Waals surface area contributed by atoms with Crippen molar-refractivity contribution in [2.45, 2.75) is 25.9 Å². The number of hydrogen-bond acceptors (Lipinski definition) is 5. The second-order valence-electron chi connectivity index (χ2n) is 9.22. The molecule has 0 N–H and O–H groups in total. The van der Waals surface area contributed by atoms with Crippen molar-refractivity contribution in [2.75, 3.05) is 52.5 Å². The summed E-state index contributed by atoms with van der Waals surface area (Å²) in [5, 5.41) is 4.55. The lowest BCUT2D eigenvalue weighted by Gasteiger charge is -2.26. The second kappa shape index (κ2) is 8.90. The predicted molar refractivity (Wildman–Crippen MR) is 119 cm³/mol. The number of hydrogen-bond donors (Lipinski definition) is 0. The van der Waals surface area contributed by atoms with E-state index in [9.17, 15) is 4.79 Å². The highest BCUT2D eigenvalue weighted by molar-refractivity contribution is 6.30. The zero-order chi connectivity index (χ0) is 21.3. The van der Waals surface area contributed by atoms with Gasteiger partial charge in [-0.05, 0) is 30.5 Å². The fourth-order valence-electron chi connectivity index (χ4n) is 5.17. The molecule has 1 aromatic carbocycles. The third-order valence-corrected chi connectivity index (χ3v) is 7.11. The maximum atomic E-state index is 12.7. The van der Waals surface area contributed by atoms with Gasteiger partial charge < -0.3 is 9.64 Å². The average molecular weight is 444 g/mol. The molecule has 1 amide bonds. The standard InChI is InChI=1S/C23H30ClN5O2/c24-21-13-25-29(16-21)22(30)28-8-6-23(18-28)5-7-27(17-23)15-20-3-1-19(2-4-20)14-26-9-11-31-12-10-26/h1-4,13,16H,5-12,14-15,17-18H2. The first-order valence-corrected chi connectivity index (χ1v) is 11.6. The molecule has 1 unspecified atom stereocenters. The first-order valence-electron chi connectivity index (χ1n) is 11.2. The summed E-state index contributed by atoms with van der Waals surface area (Å²) >= 11 is 5.92. The molecule has 0 saturated carbocycles. The lowest BCUT2D eigenvalue weighted by atomic mass is 9.86. The van der Waals surface area contributed by atoms with E-state index in [1.807, 2.05) is 4.90 Å². The van der Waals surface area contributed by atoms with Crippen LogP contribution in [0.3, 0.4) is 0 Å². The molecule has 3 saturated heterocycles. The molecule has 3 fully saturated rings. The molecule has 0 bridgehead atoms. The van der Waals surface area contributed by atoms with Crippen LogP contribution in [0.2, 0.25) is 5.02 Å². The van der Waals surface area contributed by atoms with Gasteiger partial charge in [-0.2, -0.15) is 9.78 Å². The van der Waals surface area contributed by atoms with Gasteiger partial charge in [-0.3, -0.25) is 9.80 Å². The number of likely N-dealkylation sites (tertiary alicyclic amines) is 2. The number of ether oxygens (including phenoxy) is 1. The number of benzene rings is 1. The molecule has 5 rings (SSSR count). The van der Waals surface area contributed by atoms with Crippen molar-refractivity contribution in [2.24, 2.45) is 5.41 Å². The van der Waals surface area contributed by atoms with E-state index in [0.29, 0.717) is 5.02 Å². The topological polar surface area (TPSA) is 53.8 Å². The summed E-state index contributed by atoms with van der Waals surface area (Å²) in [6.45, 7) is 9.43. The van der Waals surface area contributed by atoms with Gasteiger partial charge in [-0.1, -0.05) is 35.9 Å². The highest BCUT2D eigenvalue weighted by Gasteiger charge is 2.44. The van der Waals surface area contributed by atoms with Crippen LogP contribution < -0.4 is 0 Å². The van der Waals surface area contributed by atoms with Crippen LogP contribution in [0.1, 0.15) is 24.0 Å². The lowest BCUT2D eigenvalue weighted by Crippen LogP contribution is -2.36. The number of carbonyl (C=O) groups is 1.